The van der Waals surface area contributed by atoms with Crippen LogP contribution in [0.3, 0.4) is 0 Å². The molecule has 1 aliphatic heterocycles. The lowest BCUT2D eigenvalue weighted by atomic mass is 10.1. The van der Waals surface area contributed by atoms with Crippen LogP contribution in [0.2, 0.25) is 0 Å². The first-order valence-corrected chi connectivity index (χ1v) is 7.83. The minimum atomic E-state index is 0.288. The van der Waals surface area contributed by atoms with E-state index in [1.54, 1.807) is 7.11 Å². The molecule has 0 spiro atoms. The van der Waals surface area contributed by atoms with Gasteiger partial charge in [-0.2, -0.15) is 0 Å². The number of fused-ring (bicyclic) bond motifs is 1. The number of methoxy groups -OCH3 is 1. The molecule has 3 heteroatoms. The first-order valence-electron chi connectivity index (χ1n) is 7.83. The van der Waals surface area contributed by atoms with Gasteiger partial charge in [-0.05, 0) is 44.4 Å². The zero-order valence-electron chi connectivity index (χ0n) is 12.6. The van der Waals surface area contributed by atoms with Crippen molar-refractivity contribution in [3.63, 3.8) is 0 Å². The van der Waals surface area contributed by atoms with Gasteiger partial charge in [0.2, 0.25) is 0 Å². The highest BCUT2D eigenvalue weighted by Gasteiger charge is 2.21. The van der Waals surface area contributed by atoms with Crippen molar-refractivity contribution in [3.8, 4) is 11.5 Å². The molecule has 0 bridgehead atoms. The van der Waals surface area contributed by atoms with Gasteiger partial charge in [0.15, 0.2) is 0 Å². The van der Waals surface area contributed by atoms with E-state index in [0.717, 1.165) is 36.9 Å². The van der Waals surface area contributed by atoms with Crippen LogP contribution in [0.5, 0.6) is 11.5 Å². The summed E-state index contributed by atoms with van der Waals surface area (Å²) >= 11 is 0. The summed E-state index contributed by atoms with van der Waals surface area (Å²) in [5, 5.41) is 3.59. The molecular weight excluding hydrogens is 250 g/mol. The zero-order valence-corrected chi connectivity index (χ0v) is 12.6. The van der Waals surface area contributed by atoms with Gasteiger partial charge in [0.25, 0.3) is 0 Å². The molecule has 110 valence electrons. The number of ether oxygens (including phenoxy) is 2. The monoisotopic (exact) mass is 275 g/mol. The quantitative estimate of drug-likeness (QED) is 0.894. The molecule has 0 saturated heterocycles. The Labute approximate surface area is 121 Å². The third-order valence-electron chi connectivity index (χ3n) is 4.52. The van der Waals surface area contributed by atoms with Gasteiger partial charge < -0.3 is 14.8 Å². The molecule has 0 radical (unpaired) electrons. The molecular formula is C17H25NO2. The smallest absolute Gasteiger partial charge is 0.123 e. The van der Waals surface area contributed by atoms with Crippen LogP contribution >= 0.6 is 0 Å². The van der Waals surface area contributed by atoms with E-state index in [-0.39, 0.29) is 6.10 Å². The summed E-state index contributed by atoms with van der Waals surface area (Å²) in [5.74, 6) is 2.89. The second-order valence-corrected chi connectivity index (χ2v) is 6.19. The summed E-state index contributed by atoms with van der Waals surface area (Å²) in [5.41, 5.74) is 2.48. The van der Waals surface area contributed by atoms with Gasteiger partial charge in [0.05, 0.1) is 7.11 Å². The first kappa shape index (κ1) is 13.7. The van der Waals surface area contributed by atoms with Crippen LogP contribution in [0.25, 0.3) is 0 Å². The predicted molar refractivity (Wildman–Crippen MR) is 80.5 cm³/mol. The van der Waals surface area contributed by atoms with Crippen LogP contribution in [0.15, 0.2) is 12.1 Å². The lowest BCUT2D eigenvalue weighted by Gasteiger charge is -2.14. The molecule has 1 aliphatic carbocycles. The molecule has 1 heterocycles. The fraction of sp³-hybridized carbons (Fsp3) is 0.647. The van der Waals surface area contributed by atoms with Crippen molar-refractivity contribution >= 4 is 0 Å². The number of hydrogen-bond donors (Lipinski definition) is 1. The van der Waals surface area contributed by atoms with Gasteiger partial charge in [-0.3, -0.25) is 0 Å². The summed E-state index contributed by atoms with van der Waals surface area (Å²) < 4.78 is 11.4. The first-order chi connectivity index (χ1) is 9.76. The second kappa shape index (κ2) is 6.04. The maximum absolute atomic E-state index is 5.84. The fourth-order valence-electron chi connectivity index (χ4n) is 3.44. The molecule has 1 atom stereocenters. The number of nitrogens with one attached hydrogen (secondary N) is 1. The topological polar surface area (TPSA) is 30.5 Å². The van der Waals surface area contributed by atoms with E-state index in [2.05, 4.69) is 24.4 Å². The van der Waals surface area contributed by atoms with Crippen molar-refractivity contribution in [2.24, 2.45) is 5.92 Å². The highest BCUT2D eigenvalue weighted by Crippen LogP contribution is 2.35. The van der Waals surface area contributed by atoms with Gasteiger partial charge in [0, 0.05) is 24.1 Å². The Balaban J connectivity index is 1.64. The third-order valence-corrected chi connectivity index (χ3v) is 4.52. The highest BCUT2D eigenvalue weighted by molar-refractivity contribution is 5.48. The van der Waals surface area contributed by atoms with E-state index in [0.29, 0.717) is 0 Å². The molecule has 1 unspecified atom stereocenters. The van der Waals surface area contributed by atoms with Crippen molar-refractivity contribution in [2.45, 2.75) is 51.7 Å². The molecule has 3 rings (SSSR count). The molecule has 2 aliphatic rings. The molecule has 0 aromatic heterocycles. The average molecular weight is 275 g/mol. The fourth-order valence-corrected chi connectivity index (χ4v) is 3.44. The predicted octanol–water partition coefficient (Wildman–Crippen LogP) is 3.30. The van der Waals surface area contributed by atoms with E-state index < -0.39 is 0 Å². The van der Waals surface area contributed by atoms with Crippen molar-refractivity contribution in [3.05, 3.63) is 23.3 Å². The molecule has 1 aromatic carbocycles. The summed E-state index contributed by atoms with van der Waals surface area (Å²) in [6, 6.07) is 4.30. The Bertz CT molecular complexity index is 466. The van der Waals surface area contributed by atoms with E-state index in [1.165, 1.54) is 36.8 Å². The number of benzene rings is 1. The summed E-state index contributed by atoms with van der Waals surface area (Å²) in [4.78, 5) is 0. The molecule has 1 aromatic rings. The van der Waals surface area contributed by atoms with E-state index >= 15 is 0 Å². The highest BCUT2D eigenvalue weighted by atomic mass is 16.5. The maximum Gasteiger partial charge on any atom is 0.123 e. The van der Waals surface area contributed by atoms with Gasteiger partial charge in [0.1, 0.15) is 17.6 Å². The standard InChI is InChI=1S/C17H25NO2/c1-12-7-14-8-16(19-2)15(9-17(14)20-12)11-18-10-13-5-3-4-6-13/h8-9,12-13,18H,3-7,10-11H2,1-2H3. The van der Waals surface area contributed by atoms with Crippen LogP contribution < -0.4 is 14.8 Å². The largest absolute Gasteiger partial charge is 0.496 e. The van der Waals surface area contributed by atoms with Crippen LogP contribution in [-0.4, -0.2) is 19.8 Å². The Morgan fingerprint density at radius 3 is 2.85 bits per heavy atom. The van der Waals surface area contributed by atoms with E-state index in [1.807, 2.05) is 0 Å². The minimum Gasteiger partial charge on any atom is -0.496 e. The van der Waals surface area contributed by atoms with Gasteiger partial charge in [-0.15, -0.1) is 0 Å². The van der Waals surface area contributed by atoms with Crippen molar-refractivity contribution in [1.82, 2.24) is 5.32 Å². The number of rotatable bonds is 5. The Morgan fingerprint density at radius 1 is 1.30 bits per heavy atom. The summed E-state index contributed by atoms with van der Waals surface area (Å²) in [6.45, 7) is 4.10. The summed E-state index contributed by atoms with van der Waals surface area (Å²) in [7, 11) is 1.75. The van der Waals surface area contributed by atoms with Crippen LogP contribution in [0.4, 0.5) is 0 Å². The van der Waals surface area contributed by atoms with Gasteiger partial charge in [-0.25, -0.2) is 0 Å². The van der Waals surface area contributed by atoms with Crippen LogP contribution in [0.1, 0.15) is 43.7 Å². The number of hydrogen-bond acceptors (Lipinski definition) is 3. The normalized spacial score (nSPS) is 21.8. The van der Waals surface area contributed by atoms with Crippen molar-refractivity contribution in [1.29, 1.82) is 0 Å². The molecule has 0 amide bonds. The molecule has 1 saturated carbocycles. The Morgan fingerprint density at radius 2 is 2.10 bits per heavy atom. The maximum atomic E-state index is 5.84. The summed E-state index contributed by atoms with van der Waals surface area (Å²) in [6.07, 6.45) is 6.85. The van der Waals surface area contributed by atoms with Gasteiger partial charge in [-0.1, -0.05) is 12.8 Å². The lowest BCUT2D eigenvalue weighted by Crippen LogP contribution is -2.21. The molecule has 1 fully saturated rings. The van der Waals surface area contributed by atoms with Gasteiger partial charge >= 0.3 is 0 Å². The molecule has 3 nitrogen and oxygen atoms in total. The average Bonchev–Trinajstić information content (AvgIpc) is 3.05. The third kappa shape index (κ3) is 2.93. The molecule has 1 N–H and O–H groups in total. The van der Waals surface area contributed by atoms with Crippen LogP contribution in [-0.2, 0) is 13.0 Å². The Kier molecular flexibility index (Phi) is 4.16. The SMILES string of the molecule is COc1cc2c(cc1CNCC1CCCC1)OC(C)C2. The van der Waals surface area contributed by atoms with Crippen molar-refractivity contribution < 1.29 is 9.47 Å². The van der Waals surface area contributed by atoms with Crippen molar-refractivity contribution in [2.75, 3.05) is 13.7 Å². The van der Waals surface area contributed by atoms with E-state index in [4.69, 9.17) is 9.47 Å². The molecule has 20 heavy (non-hydrogen) atoms. The van der Waals surface area contributed by atoms with Crippen LogP contribution in [0, 0.1) is 5.92 Å². The zero-order chi connectivity index (χ0) is 13.9. The minimum absolute atomic E-state index is 0.288. The second-order valence-electron chi connectivity index (χ2n) is 6.19. The lowest BCUT2D eigenvalue weighted by molar-refractivity contribution is 0.254. The Hall–Kier alpha value is -1.22. The van der Waals surface area contributed by atoms with E-state index in [9.17, 15) is 0 Å².